The fourth-order valence-electron chi connectivity index (χ4n) is 4.11. The molecule has 2 aromatic carbocycles. The molecule has 2 aromatic rings. The Balaban J connectivity index is 2.13. The number of ether oxygens (including phenoxy) is 2. The van der Waals surface area contributed by atoms with Gasteiger partial charge in [-0.2, -0.15) is 0 Å². The van der Waals surface area contributed by atoms with Crippen molar-refractivity contribution in [2.75, 3.05) is 27.8 Å². The van der Waals surface area contributed by atoms with Crippen LogP contribution in [0.15, 0.2) is 18.2 Å². The van der Waals surface area contributed by atoms with Crippen molar-refractivity contribution in [3.05, 3.63) is 34.9 Å². The van der Waals surface area contributed by atoms with Gasteiger partial charge in [0.15, 0.2) is 23.0 Å². The molecule has 126 valence electrons. The van der Waals surface area contributed by atoms with Crippen LogP contribution in [0.2, 0.25) is 0 Å². The van der Waals surface area contributed by atoms with Crippen molar-refractivity contribution in [3.63, 3.8) is 0 Å². The van der Waals surface area contributed by atoms with Crippen molar-refractivity contribution in [2.45, 2.75) is 18.9 Å². The van der Waals surface area contributed by atoms with Gasteiger partial charge in [0.1, 0.15) is 0 Å². The van der Waals surface area contributed by atoms with Gasteiger partial charge in [-0.3, -0.25) is 4.90 Å². The van der Waals surface area contributed by atoms with Crippen LogP contribution in [0.1, 0.15) is 22.7 Å². The lowest BCUT2D eigenvalue weighted by Gasteiger charge is -2.40. The normalized spacial score (nSPS) is 18.7. The molecule has 1 heterocycles. The summed E-state index contributed by atoms with van der Waals surface area (Å²) in [7, 11) is 5.35. The van der Waals surface area contributed by atoms with E-state index >= 15 is 0 Å². The van der Waals surface area contributed by atoms with Crippen LogP contribution < -0.4 is 9.47 Å². The third-order valence-electron chi connectivity index (χ3n) is 5.30. The number of rotatable bonds is 2. The highest BCUT2D eigenvalue weighted by atomic mass is 16.5. The number of phenols is 2. The minimum atomic E-state index is -0.116. The number of likely N-dealkylation sites (N-methyl/N-ethyl adjacent to an activating group) is 1. The third-order valence-corrected chi connectivity index (χ3v) is 5.30. The van der Waals surface area contributed by atoms with Crippen LogP contribution >= 0.6 is 0 Å². The van der Waals surface area contributed by atoms with Crippen LogP contribution in [0.5, 0.6) is 23.0 Å². The predicted molar refractivity (Wildman–Crippen MR) is 91.1 cm³/mol. The van der Waals surface area contributed by atoms with Crippen LogP contribution in [-0.4, -0.2) is 42.9 Å². The standard InChI is InChI=1S/C19H21NO4/c1-20-7-6-11-9-14(23-2)19(24-3)17-15(11)12(20)8-10-4-5-13(21)18(22)16(10)17/h4-5,9,12,21-22H,6-8H2,1-3H3/t12-/m0/s1. The van der Waals surface area contributed by atoms with Gasteiger partial charge in [-0.05, 0) is 48.7 Å². The van der Waals surface area contributed by atoms with E-state index in [9.17, 15) is 10.2 Å². The lowest BCUT2D eigenvalue weighted by atomic mass is 9.76. The first-order valence-electron chi connectivity index (χ1n) is 8.09. The van der Waals surface area contributed by atoms with Gasteiger partial charge in [0.2, 0.25) is 0 Å². The quantitative estimate of drug-likeness (QED) is 0.831. The molecule has 2 aliphatic rings. The second-order valence-corrected chi connectivity index (χ2v) is 6.48. The number of fused-ring (bicyclic) bond motifs is 2. The number of benzene rings is 2. The molecule has 0 saturated carbocycles. The van der Waals surface area contributed by atoms with E-state index in [4.69, 9.17) is 9.47 Å². The molecule has 24 heavy (non-hydrogen) atoms. The number of nitrogens with zero attached hydrogens (tertiary/aromatic N) is 1. The van der Waals surface area contributed by atoms with Gasteiger partial charge >= 0.3 is 0 Å². The minimum absolute atomic E-state index is 0.0899. The largest absolute Gasteiger partial charge is 0.504 e. The molecule has 5 heteroatoms. The maximum absolute atomic E-state index is 10.5. The Hall–Kier alpha value is -2.40. The van der Waals surface area contributed by atoms with E-state index < -0.39 is 0 Å². The molecule has 1 atom stereocenters. The highest BCUT2D eigenvalue weighted by Crippen LogP contribution is 2.55. The van der Waals surface area contributed by atoms with Crippen molar-refractivity contribution in [3.8, 4) is 34.1 Å². The Morgan fingerprint density at radius 1 is 1.08 bits per heavy atom. The summed E-state index contributed by atoms with van der Waals surface area (Å²) >= 11 is 0. The molecular weight excluding hydrogens is 306 g/mol. The smallest absolute Gasteiger partial charge is 0.169 e. The van der Waals surface area contributed by atoms with Crippen LogP contribution in [0.4, 0.5) is 0 Å². The molecule has 4 rings (SSSR count). The van der Waals surface area contributed by atoms with Gasteiger partial charge in [-0.15, -0.1) is 0 Å². The van der Waals surface area contributed by atoms with Crippen LogP contribution in [-0.2, 0) is 12.8 Å². The average Bonchev–Trinajstić information content (AvgIpc) is 2.60. The van der Waals surface area contributed by atoms with Gasteiger partial charge in [-0.1, -0.05) is 6.07 Å². The van der Waals surface area contributed by atoms with Gasteiger partial charge in [-0.25, -0.2) is 0 Å². The molecule has 1 aliphatic heterocycles. The predicted octanol–water partition coefficient (Wildman–Crippen LogP) is 2.87. The second-order valence-electron chi connectivity index (χ2n) is 6.48. The zero-order valence-electron chi connectivity index (χ0n) is 14.1. The Labute approximate surface area is 141 Å². The van der Waals surface area contributed by atoms with Crippen molar-refractivity contribution >= 4 is 0 Å². The lowest BCUT2D eigenvalue weighted by molar-refractivity contribution is 0.226. The van der Waals surface area contributed by atoms with E-state index in [2.05, 4.69) is 11.9 Å². The SMILES string of the molecule is COc1cc2c3c(c1OC)-c1c(ccc(O)c1O)C[C@@H]3N(C)CC2. The summed E-state index contributed by atoms with van der Waals surface area (Å²) in [6, 6.07) is 5.71. The average molecular weight is 327 g/mol. The Morgan fingerprint density at radius 3 is 2.58 bits per heavy atom. The molecule has 2 N–H and O–H groups in total. The summed E-state index contributed by atoms with van der Waals surface area (Å²) in [5, 5.41) is 20.6. The molecule has 0 amide bonds. The zero-order valence-corrected chi connectivity index (χ0v) is 14.1. The number of methoxy groups -OCH3 is 2. The molecule has 5 nitrogen and oxygen atoms in total. The lowest BCUT2D eigenvalue weighted by Crippen LogP contribution is -2.35. The van der Waals surface area contributed by atoms with Crippen molar-refractivity contribution < 1.29 is 19.7 Å². The third kappa shape index (κ3) is 1.91. The van der Waals surface area contributed by atoms with E-state index in [0.717, 1.165) is 30.5 Å². The number of hydrogen-bond acceptors (Lipinski definition) is 5. The monoisotopic (exact) mass is 327 g/mol. The first-order valence-corrected chi connectivity index (χ1v) is 8.09. The highest BCUT2D eigenvalue weighted by Gasteiger charge is 2.37. The fraction of sp³-hybridized carbons (Fsp3) is 0.368. The fourth-order valence-corrected chi connectivity index (χ4v) is 4.11. The van der Waals surface area contributed by atoms with Gasteiger partial charge in [0, 0.05) is 23.7 Å². The van der Waals surface area contributed by atoms with Gasteiger partial charge in [0.25, 0.3) is 0 Å². The molecule has 0 unspecified atom stereocenters. The van der Waals surface area contributed by atoms with Crippen molar-refractivity contribution in [2.24, 2.45) is 0 Å². The van der Waals surface area contributed by atoms with E-state index in [0.29, 0.717) is 17.1 Å². The molecule has 1 aliphatic carbocycles. The molecule has 0 saturated heterocycles. The minimum Gasteiger partial charge on any atom is -0.504 e. The number of phenolic OH excluding ortho intramolecular Hbond substituents is 2. The second kappa shape index (κ2) is 5.31. The molecular formula is C19H21NO4. The first kappa shape index (κ1) is 15.1. The summed E-state index contributed by atoms with van der Waals surface area (Å²) in [5.41, 5.74) is 4.91. The summed E-state index contributed by atoms with van der Waals surface area (Å²) in [5.74, 6) is 1.06. The topological polar surface area (TPSA) is 62.2 Å². The summed E-state index contributed by atoms with van der Waals surface area (Å²) in [4.78, 5) is 2.34. The molecule has 0 radical (unpaired) electrons. The van der Waals surface area contributed by atoms with Gasteiger partial charge < -0.3 is 19.7 Å². The molecule has 0 fully saturated rings. The van der Waals surface area contributed by atoms with Crippen molar-refractivity contribution in [1.82, 2.24) is 4.90 Å². The highest BCUT2D eigenvalue weighted by molar-refractivity contribution is 5.88. The first-order chi connectivity index (χ1) is 11.6. The van der Waals surface area contributed by atoms with E-state index in [-0.39, 0.29) is 17.5 Å². The number of hydrogen-bond donors (Lipinski definition) is 2. The van der Waals surface area contributed by atoms with Crippen molar-refractivity contribution in [1.29, 1.82) is 0 Å². The van der Waals surface area contributed by atoms with Gasteiger partial charge in [0.05, 0.1) is 14.2 Å². The molecule has 0 spiro atoms. The Morgan fingerprint density at radius 2 is 1.88 bits per heavy atom. The number of aromatic hydroxyl groups is 2. The Kier molecular flexibility index (Phi) is 3.35. The van der Waals surface area contributed by atoms with Crippen LogP contribution in [0.3, 0.4) is 0 Å². The van der Waals surface area contributed by atoms with Crippen LogP contribution in [0.25, 0.3) is 11.1 Å². The Bertz CT molecular complexity index is 831. The van der Waals surface area contributed by atoms with E-state index in [1.54, 1.807) is 20.3 Å². The maximum Gasteiger partial charge on any atom is 0.169 e. The summed E-state index contributed by atoms with van der Waals surface area (Å²) < 4.78 is 11.2. The summed E-state index contributed by atoms with van der Waals surface area (Å²) in [6.07, 6.45) is 1.72. The van der Waals surface area contributed by atoms with E-state index in [1.807, 2.05) is 12.1 Å². The zero-order chi connectivity index (χ0) is 17.0. The van der Waals surface area contributed by atoms with E-state index in [1.165, 1.54) is 11.1 Å². The molecule has 0 aromatic heterocycles. The molecule has 0 bridgehead atoms. The van der Waals surface area contributed by atoms with Crippen LogP contribution in [0, 0.1) is 0 Å². The maximum atomic E-state index is 10.5. The summed E-state index contributed by atoms with van der Waals surface area (Å²) in [6.45, 7) is 0.978.